The van der Waals surface area contributed by atoms with E-state index in [9.17, 15) is 19.8 Å². The standard InChI is InChI=1S/C42H76N2O6/c1-6-9-11-13-15-17-19-21-25-38(45)34-44(35-39(46)26-22-20-18-16-14-12-10-7-2)31-23-27-41(47)50-40-29-28-37(33-36(40)8-3)42(48)49-32-24-30-43(4)5/h28-29,33,38-39,45-46H,6-27,30-32,34-35H2,1-5H3. The Bertz CT molecular complexity index is 959. The maximum Gasteiger partial charge on any atom is 0.338 e. The van der Waals surface area contributed by atoms with E-state index in [1.54, 1.807) is 18.2 Å². The van der Waals surface area contributed by atoms with Crippen molar-refractivity contribution >= 4 is 11.9 Å². The van der Waals surface area contributed by atoms with Gasteiger partial charge < -0.3 is 24.6 Å². The van der Waals surface area contributed by atoms with Gasteiger partial charge in [-0.2, -0.15) is 0 Å². The van der Waals surface area contributed by atoms with E-state index >= 15 is 0 Å². The van der Waals surface area contributed by atoms with Crippen LogP contribution in [-0.2, 0) is 16.0 Å². The molecule has 2 N–H and O–H groups in total. The summed E-state index contributed by atoms with van der Waals surface area (Å²) in [6, 6.07) is 5.09. The van der Waals surface area contributed by atoms with Crippen molar-refractivity contribution in [2.45, 2.75) is 174 Å². The van der Waals surface area contributed by atoms with Gasteiger partial charge in [-0.15, -0.1) is 0 Å². The van der Waals surface area contributed by atoms with Gasteiger partial charge in [-0.3, -0.25) is 9.69 Å². The molecular weight excluding hydrogens is 628 g/mol. The van der Waals surface area contributed by atoms with Crippen LogP contribution in [0.15, 0.2) is 18.2 Å². The number of aliphatic hydroxyl groups is 2. The summed E-state index contributed by atoms with van der Waals surface area (Å²) < 4.78 is 11.2. The second-order valence-corrected chi connectivity index (χ2v) is 14.6. The Hall–Kier alpha value is -2.00. The zero-order valence-electron chi connectivity index (χ0n) is 32.9. The third-order valence-electron chi connectivity index (χ3n) is 9.46. The normalized spacial score (nSPS) is 12.8. The number of aliphatic hydroxyl groups excluding tert-OH is 2. The number of aryl methyl sites for hydroxylation is 1. The molecule has 2 atom stereocenters. The lowest BCUT2D eigenvalue weighted by molar-refractivity contribution is -0.134. The Labute approximate surface area is 306 Å². The van der Waals surface area contributed by atoms with Gasteiger partial charge in [-0.25, -0.2) is 4.79 Å². The highest BCUT2D eigenvalue weighted by Crippen LogP contribution is 2.23. The minimum Gasteiger partial charge on any atom is -0.462 e. The largest absolute Gasteiger partial charge is 0.462 e. The second-order valence-electron chi connectivity index (χ2n) is 14.6. The molecule has 8 nitrogen and oxygen atoms in total. The van der Waals surface area contributed by atoms with Crippen LogP contribution in [0.25, 0.3) is 0 Å². The van der Waals surface area contributed by atoms with E-state index < -0.39 is 12.2 Å². The molecule has 0 heterocycles. The van der Waals surface area contributed by atoms with Crippen molar-refractivity contribution in [3.05, 3.63) is 29.3 Å². The average molecular weight is 705 g/mol. The van der Waals surface area contributed by atoms with E-state index in [0.29, 0.717) is 50.4 Å². The summed E-state index contributed by atoms with van der Waals surface area (Å²) in [6.45, 7) is 9.28. The topological polar surface area (TPSA) is 99.5 Å². The van der Waals surface area contributed by atoms with Crippen molar-refractivity contribution in [3.8, 4) is 5.75 Å². The molecule has 8 heteroatoms. The number of carbonyl (C=O) groups is 2. The molecule has 0 saturated heterocycles. The van der Waals surface area contributed by atoms with Crippen LogP contribution >= 0.6 is 0 Å². The minimum absolute atomic E-state index is 0.234. The van der Waals surface area contributed by atoms with Crippen LogP contribution in [0.1, 0.15) is 172 Å². The Morgan fingerprint density at radius 1 is 0.680 bits per heavy atom. The zero-order valence-corrected chi connectivity index (χ0v) is 32.9. The highest BCUT2D eigenvalue weighted by Gasteiger charge is 2.18. The van der Waals surface area contributed by atoms with Crippen molar-refractivity contribution in [3.63, 3.8) is 0 Å². The van der Waals surface area contributed by atoms with Gasteiger partial charge in [-0.05, 0) is 76.5 Å². The lowest BCUT2D eigenvalue weighted by Crippen LogP contribution is -2.39. The van der Waals surface area contributed by atoms with Gasteiger partial charge in [0.25, 0.3) is 0 Å². The predicted molar refractivity (Wildman–Crippen MR) is 207 cm³/mol. The summed E-state index contributed by atoms with van der Waals surface area (Å²) in [7, 11) is 3.97. The van der Waals surface area contributed by atoms with Crippen LogP contribution in [0.5, 0.6) is 5.75 Å². The molecule has 50 heavy (non-hydrogen) atoms. The smallest absolute Gasteiger partial charge is 0.338 e. The Kier molecular flexibility index (Phi) is 28.2. The van der Waals surface area contributed by atoms with Gasteiger partial charge in [0, 0.05) is 26.1 Å². The van der Waals surface area contributed by atoms with Crippen molar-refractivity contribution in [1.82, 2.24) is 9.80 Å². The number of rotatable bonds is 33. The molecule has 290 valence electrons. The van der Waals surface area contributed by atoms with E-state index in [-0.39, 0.29) is 18.4 Å². The van der Waals surface area contributed by atoms with Crippen LogP contribution in [-0.4, -0.2) is 91.0 Å². The van der Waals surface area contributed by atoms with Crippen LogP contribution in [0, 0.1) is 0 Å². The molecule has 0 fully saturated rings. The molecule has 1 aromatic rings. The SMILES string of the molecule is CCCCCCCCCCC(O)CN(CCCC(=O)Oc1ccc(C(=O)OCCCN(C)C)cc1CC)CC(O)CCCCCCCCCC. The van der Waals surface area contributed by atoms with Crippen LogP contribution < -0.4 is 4.74 Å². The molecule has 0 spiro atoms. The predicted octanol–water partition coefficient (Wildman–Crippen LogP) is 9.13. The molecule has 0 aliphatic rings. The maximum absolute atomic E-state index is 12.9. The van der Waals surface area contributed by atoms with Crippen molar-refractivity contribution < 1.29 is 29.3 Å². The van der Waals surface area contributed by atoms with Gasteiger partial charge >= 0.3 is 11.9 Å². The summed E-state index contributed by atoms with van der Waals surface area (Å²) in [5.74, 6) is -0.219. The summed E-state index contributed by atoms with van der Waals surface area (Å²) in [4.78, 5) is 29.6. The Morgan fingerprint density at radius 3 is 1.70 bits per heavy atom. The summed E-state index contributed by atoms with van der Waals surface area (Å²) in [6.07, 6.45) is 22.6. The number of ether oxygens (including phenoxy) is 2. The third-order valence-corrected chi connectivity index (χ3v) is 9.46. The number of unbranched alkanes of at least 4 members (excludes halogenated alkanes) is 14. The highest BCUT2D eigenvalue weighted by atomic mass is 16.5. The third kappa shape index (κ3) is 24.2. The lowest BCUT2D eigenvalue weighted by Gasteiger charge is -2.27. The molecule has 1 aromatic carbocycles. The average Bonchev–Trinajstić information content (AvgIpc) is 3.08. The van der Waals surface area contributed by atoms with E-state index in [2.05, 4.69) is 18.7 Å². The fourth-order valence-corrected chi connectivity index (χ4v) is 6.40. The summed E-state index contributed by atoms with van der Waals surface area (Å²) in [5, 5.41) is 21.8. The molecule has 0 saturated carbocycles. The Morgan fingerprint density at radius 2 is 1.20 bits per heavy atom. The molecule has 1 rings (SSSR count). The van der Waals surface area contributed by atoms with Gasteiger partial charge in [-0.1, -0.05) is 124 Å². The number of hydrogen-bond acceptors (Lipinski definition) is 8. The van der Waals surface area contributed by atoms with Crippen LogP contribution in [0.4, 0.5) is 0 Å². The quantitative estimate of drug-likeness (QED) is 0.0425. The number of carbonyl (C=O) groups excluding carboxylic acids is 2. The molecule has 0 aliphatic heterocycles. The number of esters is 2. The first kappa shape index (κ1) is 46.0. The van der Waals surface area contributed by atoms with Gasteiger partial charge in [0.15, 0.2) is 0 Å². The molecular formula is C42H76N2O6. The van der Waals surface area contributed by atoms with Gasteiger partial charge in [0.1, 0.15) is 5.75 Å². The second kappa shape index (κ2) is 30.6. The number of benzene rings is 1. The van der Waals surface area contributed by atoms with E-state index in [4.69, 9.17) is 9.47 Å². The molecule has 2 unspecified atom stereocenters. The molecule has 0 aromatic heterocycles. The van der Waals surface area contributed by atoms with Crippen molar-refractivity contribution in [1.29, 1.82) is 0 Å². The monoisotopic (exact) mass is 705 g/mol. The van der Waals surface area contributed by atoms with Crippen molar-refractivity contribution in [2.75, 3.05) is 46.9 Å². The summed E-state index contributed by atoms with van der Waals surface area (Å²) >= 11 is 0. The van der Waals surface area contributed by atoms with Gasteiger partial charge in [0.2, 0.25) is 0 Å². The first-order chi connectivity index (χ1) is 24.2. The molecule has 0 bridgehead atoms. The molecule has 0 aliphatic carbocycles. The van der Waals surface area contributed by atoms with E-state index in [1.807, 2.05) is 25.9 Å². The molecule has 0 radical (unpaired) electrons. The van der Waals surface area contributed by atoms with Gasteiger partial charge in [0.05, 0.1) is 24.4 Å². The Balaban J connectivity index is 2.60. The fraction of sp³-hybridized carbons (Fsp3) is 0.810. The summed E-state index contributed by atoms with van der Waals surface area (Å²) in [5.41, 5.74) is 1.24. The fourth-order valence-electron chi connectivity index (χ4n) is 6.40. The van der Waals surface area contributed by atoms with E-state index in [1.165, 1.54) is 77.0 Å². The first-order valence-corrected chi connectivity index (χ1v) is 20.4. The van der Waals surface area contributed by atoms with Crippen LogP contribution in [0.3, 0.4) is 0 Å². The van der Waals surface area contributed by atoms with E-state index in [0.717, 1.165) is 57.1 Å². The number of nitrogens with zero attached hydrogens (tertiary/aromatic N) is 2. The lowest BCUT2D eigenvalue weighted by atomic mass is 10.0. The number of hydrogen-bond donors (Lipinski definition) is 2. The minimum atomic E-state index is -0.442. The maximum atomic E-state index is 12.9. The van der Waals surface area contributed by atoms with Crippen LogP contribution in [0.2, 0.25) is 0 Å². The molecule has 0 amide bonds. The van der Waals surface area contributed by atoms with Crippen molar-refractivity contribution in [2.24, 2.45) is 0 Å². The zero-order chi connectivity index (χ0) is 36.8. The first-order valence-electron chi connectivity index (χ1n) is 20.4. The highest BCUT2D eigenvalue weighted by molar-refractivity contribution is 5.90.